The fourth-order valence-corrected chi connectivity index (χ4v) is 3.61. The first kappa shape index (κ1) is 15.9. The lowest BCUT2D eigenvalue weighted by Gasteiger charge is -2.45. The van der Waals surface area contributed by atoms with E-state index >= 15 is 0 Å². The number of aliphatic hydroxyl groups excluding tert-OH is 1. The van der Waals surface area contributed by atoms with Crippen molar-refractivity contribution in [2.45, 2.75) is 66.0 Å². The molecule has 0 aromatic carbocycles. The highest BCUT2D eigenvalue weighted by molar-refractivity contribution is 4.92. The van der Waals surface area contributed by atoms with Gasteiger partial charge in [0, 0.05) is 19.2 Å². The van der Waals surface area contributed by atoms with E-state index < -0.39 is 6.10 Å². The van der Waals surface area contributed by atoms with Gasteiger partial charge in [0.05, 0.1) is 12.7 Å². The van der Waals surface area contributed by atoms with E-state index in [2.05, 4.69) is 33.0 Å². The summed E-state index contributed by atoms with van der Waals surface area (Å²) in [6, 6.07) is 0.514. The molecule has 1 fully saturated rings. The third-order valence-corrected chi connectivity index (χ3v) is 3.71. The van der Waals surface area contributed by atoms with Gasteiger partial charge in [-0.25, -0.2) is 0 Å². The first-order chi connectivity index (χ1) is 8.24. The van der Waals surface area contributed by atoms with Crippen LogP contribution in [0, 0.1) is 10.8 Å². The second-order valence-corrected chi connectivity index (χ2v) is 7.33. The molecule has 0 saturated heterocycles. The van der Waals surface area contributed by atoms with Crippen molar-refractivity contribution in [2.75, 3.05) is 19.8 Å². The molecule has 0 bridgehead atoms. The molecule has 1 saturated carbocycles. The minimum atomic E-state index is -0.391. The molecule has 3 heteroatoms. The van der Waals surface area contributed by atoms with Gasteiger partial charge in [0.25, 0.3) is 0 Å². The van der Waals surface area contributed by atoms with Gasteiger partial charge in [-0.2, -0.15) is 0 Å². The lowest BCUT2D eigenvalue weighted by atomic mass is 9.63. The molecule has 3 nitrogen and oxygen atoms in total. The van der Waals surface area contributed by atoms with E-state index in [1.54, 1.807) is 0 Å². The van der Waals surface area contributed by atoms with E-state index in [-0.39, 0.29) is 0 Å². The van der Waals surface area contributed by atoms with Crippen LogP contribution in [-0.2, 0) is 4.74 Å². The Balaban J connectivity index is 2.37. The maximum absolute atomic E-state index is 9.78. The third-order valence-electron chi connectivity index (χ3n) is 3.71. The standard InChI is InChI=1S/C15H31NO2/c1-6-18-10-13(17)9-16-12-7-14(2,3)11-15(4,5)8-12/h12-13,16-17H,6-11H2,1-5H3. The van der Waals surface area contributed by atoms with Crippen LogP contribution in [0.3, 0.4) is 0 Å². The molecule has 0 spiro atoms. The smallest absolute Gasteiger partial charge is 0.0897 e. The molecule has 0 heterocycles. The molecular formula is C15H31NO2. The summed E-state index contributed by atoms with van der Waals surface area (Å²) in [4.78, 5) is 0. The lowest BCUT2D eigenvalue weighted by molar-refractivity contribution is 0.0327. The van der Waals surface area contributed by atoms with Gasteiger partial charge in [0.1, 0.15) is 0 Å². The van der Waals surface area contributed by atoms with Crippen LogP contribution in [0.4, 0.5) is 0 Å². The predicted octanol–water partition coefficient (Wildman–Crippen LogP) is 2.58. The summed E-state index contributed by atoms with van der Waals surface area (Å²) in [5.41, 5.74) is 0.786. The summed E-state index contributed by atoms with van der Waals surface area (Å²) < 4.78 is 5.23. The average molecular weight is 257 g/mol. The van der Waals surface area contributed by atoms with Crippen LogP contribution in [0.15, 0.2) is 0 Å². The quantitative estimate of drug-likeness (QED) is 0.768. The van der Waals surface area contributed by atoms with Crippen LogP contribution < -0.4 is 5.32 Å². The summed E-state index contributed by atoms with van der Waals surface area (Å²) in [7, 11) is 0. The molecule has 0 aliphatic heterocycles. The topological polar surface area (TPSA) is 41.5 Å². The molecule has 18 heavy (non-hydrogen) atoms. The largest absolute Gasteiger partial charge is 0.389 e. The maximum Gasteiger partial charge on any atom is 0.0897 e. The van der Waals surface area contributed by atoms with Crippen LogP contribution in [0.1, 0.15) is 53.9 Å². The average Bonchev–Trinajstić information content (AvgIpc) is 2.19. The van der Waals surface area contributed by atoms with Gasteiger partial charge in [0.2, 0.25) is 0 Å². The number of hydrogen-bond acceptors (Lipinski definition) is 3. The van der Waals surface area contributed by atoms with Gasteiger partial charge in [-0.3, -0.25) is 0 Å². The van der Waals surface area contributed by atoms with Crippen molar-refractivity contribution in [2.24, 2.45) is 10.8 Å². The molecule has 0 aromatic rings. The van der Waals surface area contributed by atoms with E-state index in [0.29, 0.717) is 36.6 Å². The molecule has 0 amide bonds. The van der Waals surface area contributed by atoms with Crippen molar-refractivity contribution >= 4 is 0 Å². The number of nitrogens with one attached hydrogen (secondary N) is 1. The fraction of sp³-hybridized carbons (Fsp3) is 1.00. The van der Waals surface area contributed by atoms with Crippen LogP contribution in [0.5, 0.6) is 0 Å². The van der Waals surface area contributed by atoms with Gasteiger partial charge in [-0.1, -0.05) is 27.7 Å². The van der Waals surface area contributed by atoms with Crippen molar-refractivity contribution in [3.63, 3.8) is 0 Å². The predicted molar refractivity (Wildman–Crippen MR) is 75.7 cm³/mol. The Bertz CT molecular complexity index is 235. The number of hydrogen-bond donors (Lipinski definition) is 2. The molecule has 1 unspecified atom stereocenters. The zero-order chi connectivity index (χ0) is 13.8. The third kappa shape index (κ3) is 5.68. The number of aliphatic hydroxyl groups is 1. The summed E-state index contributed by atoms with van der Waals surface area (Å²) in [5, 5.41) is 13.3. The Kier molecular flexibility index (Phi) is 5.63. The SMILES string of the molecule is CCOCC(O)CNC1CC(C)(C)CC(C)(C)C1. The zero-order valence-electron chi connectivity index (χ0n) is 12.8. The van der Waals surface area contributed by atoms with E-state index in [1.807, 2.05) is 6.92 Å². The molecule has 1 rings (SSSR count). The van der Waals surface area contributed by atoms with Crippen LogP contribution in [0.25, 0.3) is 0 Å². The Labute approximate surface area is 112 Å². The van der Waals surface area contributed by atoms with Crippen molar-refractivity contribution in [1.82, 2.24) is 5.32 Å². The second kappa shape index (κ2) is 6.36. The second-order valence-electron chi connectivity index (χ2n) is 7.33. The highest BCUT2D eigenvalue weighted by Crippen LogP contribution is 2.45. The Morgan fingerprint density at radius 1 is 1.22 bits per heavy atom. The first-order valence-corrected chi connectivity index (χ1v) is 7.23. The van der Waals surface area contributed by atoms with E-state index in [4.69, 9.17) is 4.74 Å². The lowest BCUT2D eigenvalue weighted by Crippen LogP contribution is -2.46. The molecule has 1 aliphatic carbocycles. The van der Waals surface area contributed by atoms with E-state index in [9.17, 15) is 5.11 Å². The molecule has 1 aliphatic rings. The normalized spacial score (nSPS) is 25.0. The summed E-state index contributed by atoms with van der Waals surface area (Å²) in [6.07, 6.45) is 3.27. The molecule has 2 N–H and O–H groups in total. The molecule has 0 aromatic heterocycles. The Morgan fingerprint density at radius 3 is 2.28 bits per heavy atom. The highest BCUT2D eigenvalue weighted by Gasteiger charge is 2.38. The molecule has 1 atom stereocenters. The van der Waals surface area contributed by atoms with Crippen molar-refractivity contribution in [3.8, 4) is 0 Å². The monoisotopic (exact) mass is 257 g/mol. The molecule has 108 valence electrons. The van der Waals surface area contributed by atoms with Crippen LogP contribution in [0.2, 0.25) is 0 Å². The molecular weight excluding hydrogens is 226 g/mol. The zero-order valence-corrected chi connectivity index (χ0v) is 12.8. The summed E-state index contributed by atoms with van der Waals surface area (Å²) in [6.45, 7) is 13.1. The summed E-state index contributed by atoms with van der Waals surface area (Å²) in [5.74, 6) is 0. The first-order valence-electron chi connectivity index (χ1n) is 7.23. The highest BCUT2D eigenvalue weighted by atomic mass is 16.5. The van der Waals surface area contributed by atoms with Crippen molar-refractivity contribution < 1.29 is 9.84 Å². The maximum atomic E-state index is 9.78. The fourth-order valence-electron chi connectivity index (χ4n) is 3.61. The van der Waals surface area contributed by atoms with Crippen LogP contribution >= 0.6 is 0 Å². The Hall–Kier alpha value is -0.120. The van der Waals surface area contributed by atoms with Gasteiger partial charge >= 0.3 is 0 Å². The summed E-state index contributed by atoms with van der Waals surface area (Å²) >= 11 is 0. The Morgan fingerprint density at radius 2 is 1.78 bits per heavy atom. The van der Waals surface area contributed by atoms with Gasteiger partial charge in [0.15, 0.2) is 0 Å². The van der Waals surface area contributed by atoms with Gasteiger partial charge in [-0.05, 0) is 37.0 Å². The van der Waals surface area contributed by atoms with E-state index in [1.165, 1.54) is 19.3 Å². The minimum Gasteiger partial charge on any atom is -0.389 e. The minimum absolute atomic E-state index is 0.391. The van der Waals surface area contributed by atoms with Gasteiger partial charge < -0.3 is 15.2 Å². The van der Waals surface area contributed by atoms with Gasteiger partial charge in [-0.15, -0.1) is 0 Å². The van der Waals surface area contributed by atoms with Crippen LogP contribution in [-0.4, -0.2) is 37.0 Å². The molecule has 0 radical (unpaired) electrons. The van der Waals surface area contributed by atoms with E-state index in [0.717, 1.165) is 0 Å². The number of rotatable bonds is 6. The van der Waals surface area contributed by atoms with Crippen molar-refractivity contribution in [3.05, 3.63) is 0 Å². The number of ether oxygens (including phenoxy) is 1. The van der Waals surface area contributed by atoms with Crippen molar-refractivity contribution in [1.29, 1.82) is 0 Å².